The molecule has 1 heterocycles. The summed E-state index contributed by atoms with van der Waals surface area (Å²) in [6, 6.07) is 0. The van der Waals surface area contributed by atoms with Crippen molar-refractivity contribution in [2.75, 3.05) is 26.2 Å². The second-order valence-corrected chi connectivity index (χ2v) is 3.55. The third-order valence-electron chi connectivity index (χ3n) is 2.49. The number of rotatable bonds is 4. The molecule has 1 fully saturated rings. The van der Waals surface area contributed by atoms with Gasteiger partial charge in [0.15, 0.2) is 0 Å². The summed E-state index contributed by atoms with van der Waals surface area (Å²) >= 11 is 0. The maximum Gasteiger partial charge on any atom is 0.407 e. The molecule has 4 heteroatoms. The van der Waals surface area contributed by atoms with Crippen molar-refractivity contribution in [1.82, 2.24) is 10.6 Å². The Bertz CT molecular complexity index is 168. The van der Waals surface area contributed by atoms with Crippen molar-refractivity contribution in [1.29, 1.82) is 0 Å². The third-order valence-corrected chi connectivity index (χ3v) is 2.49. The fraction of sp³-hybridized carbons (Fsp3) is 0.900. The first-order chi connectivity index (χ1) is 6.83. The van der Waals surface area contributed by atoms with Gasteiger partial charge in [-0.25, -0.2) is 10.1 Å². The number of amides is 1. The number of ether oxygens (including phenoxy) is 1. The van der Waals surface area contributed by atoms with E-state index in [4.69, 9.17) is 4.74 Å². The van der Waals surface area contributed by atoms with Crippen molar-refractivity contribution in [3.8, 4) is 0 Å². The van der Waals surface area contributed by atoms with E-state index >= 15 is 0 Å². The first-order valence-corrected chi connectivity index (χ1v) is 5.36. The zero-order valence-electron chi connectivity index (χ0n) is 8.79. The number of nitrogens with one attached hydrogen (secondary N) is 1. The molecule has 81 valence electrons. The van der Waals surface area contributed by atoms with E-state index in [1.54, 1.807) is 0 Å². The van der Waals surface area contributed by atoms with Gasteiger partial charge in [-0.2, -0.15) is 0 Å². The molecule has 1 N–H and O–H groups in total. The highest BCUT2D eigenvalue weighted by molar-refractivity contribution is 5.66. The lowest BCUT2D eigenvalue weighted by molar-refractivity contribution is 0.151. The molecule has 1 rings (SSSR count). The third kappa shape index (κ3) is 4.46. The van der Waals surface area contributed by atoms with Crippen molar-refractivity contribution in [3.05, 3.63) is 0 Å². The highest BCUT2D eigenvalue weighted by Crippen LogP contribution is 2.15. The van der Waals surface area contributed by atoms with Gasteiger partial charge in [-0.1, -0.05) is 0 Å². The Kier molecular flexibility index (Phi) is 5.37. The maximum absolute atomic E-state index is 10.9. The lowest BCUT2D eigenvalue weighted by atomic mass is 9.95. The van der Waals surface area contributed by atoms with E-state index in [1.807, 2.05) is 6.92 Å². The van der Waals surface area contributed by atoms with E-state index in [2.05, 4.69) is 10.6 Å². The van der Waals surface area contributed by atoms with Gasteiger partial charge in [0.05, 0.1) is 6.61 Å². The van der Waals surface area contributed by atoms with Gasteiger partial charge in [0, 0.05) is 19.6 Å². The van der Waals surface area contributed by atoms with E-state index in [9.17, 15) is 4.79 Å². The number of hydrogen-bond donors (Lipinski definition) is 1. The molecule has 0 unspecified atom stereocenters. The zero-order valence-corrected chi connectivity index (χ0v) is 8.79. The van der Waals surface area contributed by atoms with E-state index in [1.165, 1.54) is 12.8 Å². The maximum atomic E-state index is 10.9. The van der Waals surface area contributed by atoms with Crippen LogP contribution in [0.25, 0.3) is 0 Å². The Balaban J connectivity index is 1.99. The Labute approximate surface area is 85.4 Å². The molecule has 0 atom stereocenters. The van der Waals surface area contributed by atoms with E-state index in [0.717, 1.165) is 32.0 Å². The molecule has 0 saturated carbocycles. The van der Waals surface area contributed by atoms with Gasteiger partial charge in [0.1, 0.15) is 0 Å². The second kappa shape index (κ2) is 6.65. The van der Waals surface area contributed by atoms with Crippen molar-refractivity contribution in [2.45, 2.75) is 26.2 Å². The number of nitrogens with zero attached hydrogens (tertiary/aromatic N) is 1. The molecule has 1 aliphatic heterocycles. The fourth-order valence-electron chi connectivity index (χ4n) is 1.65. The summed E-state index contributed by atoms with van der Waals surface area (Å²) in [4.78, 5) is 10.9. The summed E-state index contributed by atoms with van der Waals surface area (Å²) in [5.74, 6) is 0.731. The van der Waals surface area contributed by atoms with E-state index in [0.29, 0.717) is 6.61 Å². The number of carbonyl (C=O) groups is 1. The molecule has 4 nitrogen and oxygen atoms in total. The van der Waals surface area contributed by atoms with Crippen LogP contribution in [0.3, 0.4) is 0 Å². The van der Waals surface area contributed by atoms with Crippen LogP contribution >= 0.6 is 0 Å². The molecule has 1 saturated heterocycles. The minimum Gasteiger partial charge on any atom is -0.450 e. The average Bonchev–Trinajstić information content (AvgIpc) is 2.20. The smallest absolute Gasteiger partial charge is 0.407 e. The summed E-state index contributed by atoms with van der Waals surface area (Å²) in [6.45, 7) is 4.95. The lowest BCUT2D eigenvalue weighted by Gasteiger charge is -2.21. The van der Waals surface area contributed by atoms with Gasteiger partial charge >= 0.3 is 6.09 Å². The number of piperidine rings is 1. The fourth-order valence-corrected chi connectivity index (χ4v) is 1.65. The van der Waals surface area contributed by atoms with Crippen molar-refractivity contribution in [3.63, 3.8) is 0 Å². The minimum atomic E-state index is -0.298. The van der Waals surface area contributed by atoms with Crippen LogP contribution in [-0.4, -0.2) is 32.3 Å². The SMILES string of the molecule is CCOC(=O)NCCC1CC[N]CC1. The largest absolute Gasteiger partial charge is 0.450 e. The van der Waals surface area contributed by atoms with Crippen molar-refractivity contribution >= 4 is 6.09 Å². The molecule has 1 aliphatic rings. The highest BCUT2D eigenvalue weighted by atomic mass is 16.5. The Morgan fingerprint density at radius 1 is 1.50 bits per heavy atom. The quantitative estimate of drug-likeness (QED) is 0.738. The molecular formula is C10H19N2O2. The van der Waals surface area contributed by atoms with E-state index in [-0.39, 0.29) is 6.09 Å². The Morgan fingerprint density at radius 2 is 2.21 bits per heavy atom. The molecule has 1 radical (unpaired) electrons. The van der Waals surface area contributed by atoms with Crippen molar-refractivity contribution in [2.24, 2.45) is 5.92 Å². The first-order valence-electron chi connectivity index (χ1n) is 5.36. The monoisotopic (exact) mass is 199 g/mol. The van der Waals surface area contributed by atoms with Crippen LogP contribution in [0.5, 0.6) is 0 Å². The van der Waals surface area contributed by atoms with Gasteiger partial charge in [-0.05, 0) is 32.1 Å². The summed E-state index contributed by atoms with van der Waals surface area (Å²) in [5, 5.41) is 7.03. The number of alkyl carbamates (subject to hydrolysis) is 1. The molecule has 0 aliphatic carbocycles. The van der Waals surface area contributed by atoms with Gasteiger partial charge < -0.3 is 10.1 Å². The standard InChI is InChI=1S/C10H19N2O2/c1-2-14-10(13)12-8-5-9-3-6-11-7-4-9/h9H,2-8H2,1H3,(H,12,13). The van der Waals surface area contributed by atoms with Crippen LogP contribution < -0.4 is 10.6 Å². The second-order valence-electron chi connectivity index (χ2n) is 3.55. The number of carbonyl (C=O) groups excluding carboxylic acids is 1. The summed E-state index contributed by atoms with van der Waals surface area (Å²) in [7, 11) is 0. The van der Waals surface area contributed by atoms with Gasteiger partial charge in [0.25, 0.3) is 0 Å². The predicted molar refractivity (Wildman–Crippen MR) is 54.2 cm³/mol. The average molecular weight is 199 g/mol. The molecule has 1 amide bonds. The first kappa shape index (κ1) is 11.3. The van der Waals surface area contributed by atoms with Gasteiger partial charge in [-0.15, -0.1) is 0 Å². The minimum absolute atomic E-state index is 0.298. The van der Waals surface area contributed by atoms with Crippen LogP contribution in [-0.2, 0) is 4.74 Å². The highest BCUT2D eigenvalue weighted by Gasteiger charge is 2.13. The summed E-state index contributed by atoms with van der Waals surface area (Å²) < 4.78 is 4.76. The molecule has 0 bridgehead atoms. The normalized spacial score (nSPS) is 17.8. The molecular weight excluding hydrogens is 180 g/mol. The Morgan fingerprint density at radius 3 is 2.86 bits per heavy atom. The van der Waals surface area contributed by atoms with Gasteiger partial charge in [0.2, 0.25) is 0 Å². The number of hydrogen-bond acceptors (Lipinski definition) is 2. The lowest BCUT2D eigenvalue weighted by Crippen LogP contribution is -2.29. The summed E-state index contributed by atoms with van der Waals surface area (Å²) in [5.41, 5.74) is 0. The zero-order chi connectivity index (χ0) is 10.2. The topological polar surface area (TPSA) is 52.4 Å². The van der Waals surface area contributed by atoms with Crippen LogP contribution in [0.4, 0.5) is 4.79 Å². The van der Waals surface area contributed by atoms with Crippen LogP contribution in [0.1, 0.15) is 26.2 Å². The van der Waals surface area contributed by atoms with Crippen LogP contribution in [0, 0.1) is 5.92 Å². The summed E-state index contributed by atoms with van der Waals surface area (Å²) in [6.07, 6.45) is 3.09. The molecule has 0 spiro atoms. The molecule has 0 aromatic carbocycles. The molecule has 0 aromatic heterocycles. The van der Waals surface area contributed by atoms with Crippen LogP contribution in [0.15, 0.2) is 0 Å². The molecule has 0 aromatic rings. The predicted octanol–water partition coefficient (Wildman–Crippen LogP) is 1.14. The van der Waals surface area contributed by atoms with Gasteiger partial charge in [-0.3, -0.25) is 0 Å². The molecule has 14 heavy (non-hydrogen) atoms. The van der Waals surface area contributed by atoms with E-state index < -0.39 is 0 Å². The van der Waals surface area contributed by atoms with Crippen molar-refractivity contribution < 1.29 is 9.53 Å². The van der Waals surface area contributed by atoms with Crippen LogP contribution in [0.2, 0.25) is 0 Å². The Hall–Kier alpha value is -0.770.